The minimum absolute atomic E-state index is 0.410. The molecule has 0 N–H and O–H groups in total. The van der Waals surface area contributed by atoms with Crippen molar-refractivity contribution in [3.63, 3.8) is 0 Å². The van der Waals surface area contributed by atoms with Gasteiger partial charge in [-0.1, -0.05) is 36.4 Å². The van der Waals surface area contributed by atoms with Crippen LogP contribution in [0, 0.1) is 0 Å². The molecule has 1 aromatic carbocycles. The summed E-state index contributed by atoms with van der Waals surface area (Å²) >= 11 is 3.61. The molecule has 3 rings (SSSR count). The van der Waals surface area contributed by atoms with E-state index in [1.54, 1.807) is 21.7 Å². The molecule has 2 heterocycles. The van der Waals surface area contributed by atoms with Gasteiger partial charge in [0.25, 0.3) is 0 Å². The van der Waals surface area contributed by atoms with Gasteiger partial charge in [-0.15, -0.1) is 11.3 Å². The Bertz CT molecular complexity index is 739. The molecule has 122 valence electrons. The maximum absolute atomic E-state index is 12.5. The number of hydrogen-bond acceptors (Lipinski definition) is 4. The lowest BCUT2D eigenvalue weighted by atomic mass is 10.2. The van der Waals surface area contributed by atoms with E-state index in [-0.39, 0.29) is 0 Å². The van der Waals surface area contributed by atoms with Gasteiger partial charge in [0, 0.05) is 34.4 Å². The monoisotopic (exact) mass is 365 g/mol. The lowest BCUT2D eigenvalue weighted by molar-refractivity contribution is 0.435. The second-order valence-corrected chi connectivity index (χ2v) is 9.43. The largest absolute Gasteiger partial charge is 0.236 e. The molecule has 1 aromatic heterocycles. The Kier molecular flexibility index (Phi) is 5.58. The van der Waals surface area contributed by atoms with E-state index in [0.717, 1.165) is 17.7 Å². The Morgan fingerprint density at radius 1 is 1.09 bits per heavy atom. The lowest BCUT2D eigenvalue weighted by Gasteiger charge is -2.17. The van der Waals surface area contributed by atoms with Crippen LogP contribution in [0.2, 0.25) is 0 Å². The fourth-order valence-corrected chi connectivity index (χ4v) is 6.08. The number of thioether (sulfide) groups is 1. The van der Waals surface area contributed by atoms with Crippen LogP contribution in [0.1, 0.15) is 22.1 Å². The molecule has 0 spiro atoms. The fourth-order valence-electron chi connectivity index (χ4n) is 2.52. The summed E-state index contributed by atoms with van der Waals surface area (Å²) in [6, 6.07) is 13.7. The van der Waals surface area contributed by atoms with Crippen LogP contribution in [0.4, 0.5) is 0 Å². The zero-order chi connectivity index (χ0) is 16.1. The third-order valence-electron chi connectivity index (χ3n) is 3.75. The van der Waals surface area contributed by atoms with Gasteiger partial charge in [0.1, 0.15) is 0 Å². The molecule has 23 heavy (non-hydrogen) atoms. The SMILES string of the molecule is O=S(=O)(C=Cc1ccccc1)N1CCSC(c2cccs2)CC1. The van der Waals surface area contributed by atoms with Crippen LogP contribution in [0.25, 0.3) is 6.08 Å². The third kappa shape index (κ3) is 4.47. The molecule has 1 unspecified atom stereocenters. The van der Waals surface area contributed by atoms with Crippen molar-refractivity contribution in [2.24, 2.45) is 0 Å². The van der Waals surface area contributed by atoms with Gasteiger partial charge in [-0.05, 0) is 29.5 Å². The summed E-state index contributed by atoms with van der Waals surface area (Å²) in [6.07, 6.45) is 2.54. The van der Waals surface area contributed by atoms with E-state index in [1.807, 2.05) is 42.1 Å². The van der Waals surface area contributed by atoms with Crippen LogP contribution >= 0.6 is 23.1 Å². The highest BCUT2D eigenvalue weighted by atomic mass is 32.2. The molecule has 0 amide bonds. The average Bonchev–Trinajstić information content (AvgIpc) is 2.98. The molecule has 0 bridgehead atoms. The van der Waals surface area contributed by atoms with Crippen molar-refractivity contribution in [2.75, 3.05) is 18.8 Å². The molecule has 0 aliphatic carbocycles. The summed E-state index contributed by atoms with van der Waals surface area (Å²) in [5, 5.41) is 3.82. The van der Waals surface area contributed by atoms with Gasteiger partial charge in [0.2, 0.25) is 10.0 Å². The van der Waals surface area contributed by atoms with Crippen molar-refractivity contribution >= 4 is 39.2 Å². The van der Waals surface area contributed by atoms with Gasteiger partial charge in [0.05, 0.1) is 0 Å². The molecule has 1 aliphatic heterocycles. The minimum atomic E-state index is -3.35. The van der Waals surface area contributed by atoms with Crippen molar-refractivity contribution in [3.05, 3.63) is 63.7 Å². The maximum atomic E-state index is 12.5. The van der Waals surface area contributed by atoms with Crippen LogP contribution in [0.15, 0.2) is 53.3 Å². The standard InChI is InChI=1S/C17H19NO2S3/c19-23(20,14-9-15-5-2-1-3-6-15)18-10-8-17(22-13-11-18)16-7-4-12-21-16/h1-7,9,12,14,17H,8,10-11,13H2. The van der Waals surface area contributed by atoms with Gasteiger partial charge < -0.3 is 0 Å². The second-order valence-electron chi connectivity index (χ2n) is 5.32. The Balaban J connectivity index is 1.67. The maximum Gasteiger partial charge on any atom is 0.236 e. The Morgan fingerprint density at radius 2 is 1.91 bits per heavy atom. The predicted molar refractivity (Wildman–Crippen MR) is 100 cm³/mol. The minimum Gasteiger partial charge on any atom is -0.208 e. The number of benzene rings is 1. The van der Waals surface area contributed by atoms with Crippen molar-refractivity contribution in [2.45, 2.75) is 11.7 Å². The summed E-state index contributed by atoms with van der Waals surface area (Å²) in [5.74, 6) is 0.834. The highest BCUT2D eigenvalue weighted by Gasteiger charge is 2.25. The molecular weight excluding hydrogens is 346 g/mol. The van der Waals surface area contributed by atoms with Crippen LogP contribution in [0.3, 0.4) is 0 Å². The number of hydrogen-bond donors (Lipinski definition) is 0. The van der Waals surface area contributed by atoms with Gasteiger partial charge >= 0.3 is 0 Å². The van der Waals surface area contributed by atoms with Gasteiger partial charge in [-0.2, -0.15) is 16.1 Å². The van der Waals surface area contributed by atoms with Crippen LogP contribution in [-0.4, -0.2) is 31.6 Å². The first-order chi connectivity index (χ1) is 11.1. The van der Waals surface area contributed by atoms with Gasteiger partial charge in [-0.3, -0.25) is 0 Å². The Hall–Kier alpha value is -1.08. The van der Waals surface area contributed by atoms with Crippen molar-refractivity contribution in [1.82, 2.24) is 4.31 Å². The number of nitrogens with zero attached hydrogens (tertiary/aromatic N) is 1. The van der Waals surface area contributed by atoms with E-state index < -0.39 is 10.0 Å². The van der Waals surface area contributed by atoms with E-state index in [9.17, 15) is 8.42 Å². The molecule has 1 atom stereocenters. The number of rotatable bonds is 4. The zero-order valence-electron chi connectivity index (χ0n) is 12.7. The summed E-state index contributed by atoms with van der Waals surface area (Å²) < 4.78 is 26.7. The zero-order valence-corrected chi connectivity index (χ0v) is 15.1. The van der Waals surface area contributed by atoms with Gasteiger partial charge in [-0.25, -0.2) is 8.42 Å². The molecule has 0 radical (unpaired) electrons. The number of sulfonamides is 1. The quantitative estimate of drug-likeness (QED) is 0.814. The first kappa shape index (κ1) is 16.8. The first-order valence-corrected chi connectivity index (χ1v) is 11.0. The Labute approximate surface area is 146 Å². The van der Waals surface area contributed by atoms with Crippen molar-refractivity contribution in [1.29, 1.82) is 0 Å². The second kappa shape index (κ2) is 7.66. The van der Waals surface area contributed by atoms with Crippen molar-refractivity contribution < 1.29 is 8.42 Å². The smallest absolute Gasteiger partial charge is 0.208 e. The van der Waals surface area contributed by atoms with E-state index in [2.05, 4.69) is 17.5 Å². The summed E-state index contributed by atoms with van der Waals surface area (Å²) in [6.45, 7) is 1.16. The van der Waals surface area contributed by atoms with Crippen LogP contribution in [-0.2, 0) is 10.0 Å². The molecular formula is C17H19NO2S3. The first-order valence-electron chi connectivity index (χ1n) is 7.53. The summed E-state index contributed by atoms with van der Waals surface area (Å²) in [5.41, 5.74) is 0.900. The fraction of sp³-hybridized carbons (Fsp3) is 0.294. The van der Waals surface area contributed by atoms with E-state index in [4.69, 9.17) is 0 Å². The topological polar surface area (TPSA) is 37.4 Å². The van der Waals surface area contributed by atoms with Crippen LogP contribution < -0.4 is 0 Å². The highest BCUT2D eigenvalue weighted by Crippen LogP contribution is 2.37. The third-order valence-corrected chi connectivity index (χ3v) is 7.76. The molecule has 2 aromatic rings. The highest BCUT2D eigenvalue weighted by molar-refractivity contribution is 7.99. The van der Waals surface area contributed by atoms with Crippen molar-refractivity contribution in [3.8, 4) is 0 Å². The van der Waals surface area contributed by atoms with E-state index >= 15 is 0 Å². The molecule has 0 saturated carbocycles. The van der Waals surface area contributed by atoms with Gasteiger partial charge in [0.15, 0.2) is 0 Å². The summed E-state index contributed by atoms with van der Waals surface area (Å²) in [7, 11) is -3.35. The summed E-state index contributed by atoms with van der Waals surface area (Å²) in [4.78, 5) is 1.34. The molecule has 6 heteroatoms. The molecule has 1 aliphatic rings. The molecule has 3 nitrogen and oxygen atoms in total. The van der Waals surface area contributed by atoms with E-state index in [1.165, 1.54) is 10.3 Å². The average molecular weight is 366 g/mol. The molecule has 1 saturated heterocycles. The van der Waals surface area contributed by atoms with E-state index in [0.29, 0.717) is 18.3 Å². The Morgan fingerprint density at radius 3 is 2.65 bits per heavy atom. The lowest BCUT2D eigenvalue weighted by Crippen LogP contribution is -2.31. The number of thiophene rings is 1. The normalized spacial score (nSPS) is 20.6. The predicted octanol–water partition coefficient (Wildman–Crippen LogP) is 4.23. The van der Waals surface area contributed by atoms with Crippen LogP contribution in [0.5, 0.6) is 0 Å². The molecule has 1 fully saturated rings.